The molecule has 2 rings (SSSR count). The van der Waals surface area contributed by atoms with Gasteiger partial charge in [-0.05, 0) is 31.4 Å². The van der Waals surface area contributed by atoms with Gasteiger partial charge in [0.15, 0.2) is 0 Å². The fourth-order valence-electron chi connectivity index (χ4n) is 2.62. The molecule has 1 fully saturated rings. The zero-order valence-corrected chi connectivity index (χ0v) is 9.90. The minimum atomic E-state index is 0.639. The Morgan fingerprint density at radius 2 is 2.40 bits per heavy atom. The number of nitrogens with zero attached hydrogens (tertiary/aromatic N) is 2. The van der Waals surface area contributed by atoms with Crippen molar-refractivity contribution in [2.45, 2.75) is 38.6 Å². The second kappa shape index (κ2) is 4.35. The first-order valence-corrected chi connectivity index (χ1v) is 5.89. The fourth-order valence-corrected chi connectivity index (χ4v) is 2.62. The van der Waals surface area contributed by atoms with E-state index >= 15 is 0 Å². The second-order valence-electron chi connectivity index (χ2n) is 4.97. The van der Waals surface area contributed by atoms with Gasteiger partial charge >= 0.3 is 0 Å². The SMILES string of the molecule is CC(C)CC1NCCC1c1ccnn1C. The Balaban J connectivity index is 2.11. The highest BCUT2D eigenvalue weighted by Crippen LogP contribution is 2.30. The zero-order chi connectivity index (χ0) is 10.8. The summed E-state index contributed by atoms with van der Waals surface area (Å²) >= 11 is 0. The first-order valence-electron chi connectivity index (χ1n) is 5.89. The molecule has 0 spiro atoms. The predicted octanol–water partition coefficient (Wildman–Crippen LogP) is 1.91. The molecule has 1 aromatic rings. The Bertz CT molecular complexity index is 316. The number of rotatable bonds is 3. The molecule has 3 nitrogen and oxygen atoms in total. The quantitative estimate of drug-likeness (QED) is 0.820. The van der Waals surface area contributed by atoms with E-state index < -0.39 is 0 Å². The van der Waals surface area contributed by atoms with Crippen molar-refractivity contribution in [3.8, 4) is 0 Å². The summed E-state index contributed by atoms with van der Waals surface area (Å²) in [4.78, 5) is 0. The van der Waals surface area contributed by atoms with Gasteiger partial charge in [-0.25, -0.2) is 0 Å². The monoisotopic (exact) mass is 207 g/mol. The Morgan fingerprint density at radius 3 is 3.00 bits per heavy atom. The first kappa shape index (κ1) is 10.7. The molecule has 1 N–H and O–H groups in total. The molecule has 0 radical (unpaired) electrons. The third-order valence-electron chi connectivity index (χ3n) is 3.31. The van der Waals surface area contributed by atoms with Crippen molar-refractivity contribution < 1.29 is 0 Å². The molecule has 0 aliphatic carbocycles. The maximum atomic E-state index is 4.26. The average Bonchev–Trinajstić information content (AvgIpc) is 2.73. The van der Waals surface area contributed by atoms with Crippen LogP contribution in [0, 0.1) is 5.92 Å². The summed E-state index contributed by atoms with van der Waals surface area (Å²) in [5.74, 6) is 1.41. The van der Waals surface area contributed by atoms with Gasteiger partial charge in [-0.1, -0.05) is 13.8 Å². The lowest BCUT2D eigenvalue weighted by atomic mass is 9.90. The van der Waals surface area contributed by atoms with E-state index in [4.69, 9.17) is 0 Å². The molecule has 84 valence electrons. The van der Waals surface area contributed by atoms with Crippen molar-refractivity contribution >= 4 is 0 Å². The van der Waals surface area contributed by atoms with Crippen LogP contribution in [0.15, 0.2) is 12.3 Å². The molecule has 1 aromatic heterocycles. The average molecular weight is 207 g/mol. The summed E-state index contributed by atoms with van der Waals surface area (Å²) in [6.45, 7) is 5.73. The van der Waals surface area contributed by atoms with Crippen molar-refractivity contribution in [2.75, 3.05) is 6.54 Å². The molecule has 2 atom stereocenters. The van der Waals surface area contributed by atoms with E-state index in [-0.39, 0.29) is 0 Å². The van der Waals surface area contributed by atoms with Gasteiger partial charge in [0, 0.05) is 30.9 Å². The number of aromatic nitrogens is 2. The lowest BCUT2D eigenvalue weighted by Gasteiger charge is -2.21. The number of nitrogens with one attached hydrogen (secondary N) is 1. The van der Waals surface area contributed by atoms with Crippen LogP contribution in [0.1, 0.15) is 38.3 Å². The van der Waals surface area contributed by atoms with Crippen LogP contribution in [0.3, 0.4) is 0 Å². The van der Waals surface area contributed by atoms with Crippen molar-refractivity contribution in [2.24, 2.45) is 13.0 Å². The Hall–Kier alpha value is -0.830. The van der Waals surface area contributed by atoms with Gasteiger partial charge in [0.05, 0.1) is 0 Å². The Labute approximate surface area is 91.9 Å². The highest BCUT2D eigenvalue weighted by Gasteiger charge is 2.30. The van der Waals surface area contributed by atoms with Crippen LogP contribution in [0.2, 0.25) is 0 Å². The molecule has 0 saturated carbocycles. The molecular formula is C12H21N3. The molecule has 0 amide bonds. The molecule has 0 aromatic carbocycles. The van der Waals surface area contributed by atoms with E-state index in [0.29, 0.717) is 12.0 Å². The van der Waals surface area contributed by atoms with Gasteiger partial charge in [0.1, 0.15) is 0 Å². The van der Waals surface area contributed by atoms with E-state index in [9.17, 15) is 0 Å². The van der Waals surface area contributed by atoms with E-state index in [2.05, 4.69) is 30.3 Å². The summed E-state index contributed by atoms with van der Waals surface area (Å²) < 4.78 is 2.02. The predicted molar refractivity (Wildman–Crippen MR) is 61.8 cm³/mol. The van der Waals surface area contributed by atoms with Crippen molar-refractivity contribution in [3.05, 3.63) is 18.0 Å². The van der Waals surface area contributed by atoms with Crippen LogP contribution in [0.4, 0.5) is 0 Å². The smallest absolute Gasteiger partial charge is 0.0492 e. The molecule has 1 saturated heterocycles. The van der Waals surface area contributed by atoms with Gasteiger partial charge in [-0.2, -0.15) is 5.10 Å². The Kier molecular flexibility index (Phi) is 3.10. The molecule has 3 heteroatoms. The van der Waals surface area contributed by atoms with Gasteiger partial charge < -0.3 is 5.32 Å². The van der Waals surface area contributed by atoms with Crippen molar-refractivity contribution in [1.82, 2.24) is 15.1 Å². The lowest BCUT2D eigenvalue weighted by Crippen LogP contribution is -2.28. The van der Waals surface area contributed by atoms with Crippen LogP contribution in [0.5, 0.6) is 0 Å². The van der Waals surface area contributed by atoms with Crippen LogP contribution >= 0.6 is 0 Å². The molecule has 2 heterocycles. The van der Waals surface area contributed by atoms with Crippen LogP contribution < -0.4 is 5.32 Å². The topological polar surface area (TPSA) is 29.9 Å². The fraction of sp³-hybridized carbons (Fsp3) is 0.750. The summed E-state index contributed by atoms with van der Waals surface area (Å²) in [5.41, 5.74) is 1.38. The minimum absolute atomic E-state index is 0.639. The summed E-state index contributed by atoms with van der Waals surface area (Å²) in [5, 5.41) is 7.88. The molecule has 15 heavy (non-hydrogen) atoms. The van der Waals surface area contributed by atoms with E-state index in [1.54, 1.807) is 0 Å². The second-order valence-corrected chi connectivity index (χ2v) is 4.97. The maximum Gasteiger partial charge on any atom is 0.0492 e. The largest absolute Gasteiger partial charge is 0.313 e. The molecule has 0 bridgehead atoms. The van der Waals surface area contributed by atoms with Crippen LogP contribution in [-0.2, 0) is 7.05 Å². The maximum absolute atomic E-state index is 4.26. The van der Waals surface area contributed by atoms with Gasteiger partial charge in [0.25, 0.3) is 0 Å². The lowest BCUT2D eigenvalue weighted by molar-refractivity contribution is 0.422. The highest BCUT2D eigenvalue weighted by atomic mass is 15.3. The standard InChI is InChI=1S/C12H21N3/c1-9(2)8-11-10(4-6-13-11)12-5-7-14-15(12)3/h5,7,9-11,13H,4,6,8H2,1-3H3. The van der Waals surface area contributed by atoms with E-state index in [1.165, 1.54) is 18.5 Å². The molecule has 2 unspecified atom stereocenters. The highest BCUT2D eigenvalue weighted by molar-refractivity contribution is 5.13. The first-order chi connectivity index (χ1) is 7.18. The third-order valence-corrected chi connectivity index (χ3v) is 3.31. The summed E-state index contributed by atoms with van der Waals surface area (Å²) in [7, 11) is 2.04. The van der Waals surface area contributed by atoms with Crippen LogP contribution in [-0.4, -0.2) is 22.4 Å². The number of hydrogen-bond acceptors (Lipinski definition) is 2. The minimum Gasteiger partial charge on any atom is -0.313 e. The number of hydrogen-bond donors (Lipinski definition) is 1. The van der Waals surface area contributed by atoms with Crippen molar-refractivity contribution in [3.63, 3.8) is 0 Å². The summed E-state index contributed by atoms with van der Waals surface area (Å²) in [6.07, 6.45) is 4.41. The number of aryl methyl sites for hydroxylation is 1. The van der Waals surface area contributed by atoms with Gasteiger partial charge in [0.2, 0.25) is 0 Å². The normalized spacial score (nSPS) is 26.4. The molecule has 1 aliphatic heterocycles. The third kappa shape index (κ3) is 2.23. The molecule has 1 aliphatic rings. The Morgan fingerprint density at radius 1 is 1.60 bits per heavy atom. The van der Waals surface area contributed by atoms with Gasteiger partial charge in [-0.3, -0.25) is 4.68 Å². The van der Waals surface area contributed by atoms with E-state index in [1.807, 2.05) is 17.9 Å². The van der Waals surface area contributed by atoms with Gasteiger partial charge in [-0.15, -0.1) is 0 Å². The summed E-state index contributed by atoms with van der Waals surface area (Å²) in [6, 6.07) is 2.80. The van der Waals surface area contributed by atoms with Crippen molar-refractivity contribution in [1.29, 1.82) is 0 Å². The molecular weight excluding hydrogens is 186 g/mol. The van der Waals surface area contributed by atoms with E-state index in [0.717, 1.165) is 12.5 Å². The van der Waals surface area contributed by atoms with Crippen LogP contribution in [0.25, 0.3) is 0 Å². The zero-order valence-electron chi connectivity index (χ0n) is 9.90.